The number of aromatic nitrogens is 1. The first-order chi connectivity index (χ1) is 12.8. The van der Waals surface area contributed by atoms with Gasteiger partial charge in [-0.15, -0.1) is 0 Å². The summed E-state index contributed by atoms with van der Waals surface area (Å²) in [6.07, 6.45) is 0. The van der Waals surface area contributed by atoms with Crippen LogP contribution in [-0.2, 0) is 11.8 Å². The first-order valence-corrected chi connectivity index (χ1v) is 8.75. The smallest absolute Gasteiger partial charge is 0.263 e. The molecule has 2 heterocycles. The van der Waals surface area contributed by atoms with Gasteiger partial charge in [0.25, 0.3) is 11.5 Å². The summed E-state index contributed by atoms with van der Waals surface area (Å²) in [6, 6.07) is 9.08. The Hall–Kier alpha value is -3.09. The summed E-state index contributed by atoms with van der Waals surface area (Å²) in [5.41, 5.74) is 1.88. The largest absolute Gasteiger partial charge is 0.495 e. The second-order valence-electron chi connectivity index (χ2n) is 6.65. The van der Waals surface area contributed by atoms with E-state index < -0.39 is 5.91 Å². The quantitative estimate of drug-likeness (QED) is 0.822. The normalized spacial score (nSPS) is 14.4. The van der Waals surface area contributed by atoms with Gasteiger partial charge in [-0.1, -0.05) is 12.1 Å². The maximum Gasteiger partial charge on any atom is 0.263 e. The van der Waals surface area contributed by atoms with Crippen LogP contribution in [0.3, 0.4) is 0 Å². The van der Waals surface area contributed by atoms with Crippen molar-refractivity contribution in [3.63, 3.8) is 0 Å². The minimum absolute atomic E-state index is 0.0760. The number of amides is 2. The van der Waals surface area contributed by atoms with Crippen molar-refractivity contribution < 1.29 is 14.3 Å². The molecule has 2 amide bonds. The molecule has 0 unspecified atom stereocenters. The zero-order valence-electron chi connectivity index (χ0n) is 16.0. The molecule has 0 aliphatic carbocycles. The van der Waals surface area contributed by atoms with Gasteiger partial charge >= 0.3 is 0 Å². The Morgan fingerprint density at radius 2 is 1.81 bits per heavy atom. The van der Waals surface area contributed by atoms with E-state index in [1.165, 1.54) is 9.47 Å². The number of rotatable bonds is 3. The molecule has 1 aromatic heterocycles. The Morgan fingerprint density at radius 3 is 2.48 bits per heavy atom. The van der Waals surface area contributed by atoms with E-state index in [0.717, 1.165) is 5.69 Å². The van der Waals surface area contributed by atoms with E-state index >= 15 is 0 Å². The Labute approximate surface area is 157 Å². The molecule has 0 N–H and O–H groups in total. The number of hydrogen-bond donors (Lipinski definition) is 0. The third kappa shape index (κ3) is 3.32. The van der Waals surface area contributed by atoms with E-state index in [9.17, 15) is 14.4 Å². The highest BCUT2D eigenvalue weighted by Gasteiger charge is 2.31. The summed E-state index contributed by atoms with van der Waals surface area (Å²) in [7, 11) is 3.19. The number of anilines is 1. The zero-order chi connectivity index (χ0) is 19.7. The van der Waals surface area contributed by atoms with Gasteiger partial charge in [0.05, 0.1) is 12.8 Å². The second-order valence-corrected chi connectivity index (χ2v) is 6.65. The first kappa shape index (κ1) is 18.7. The van der Waals surface area contributed by atoms with Gasteiger partial charge < -0.3 is 19.1 Å². The van der Waals surface area contributed by atoms with Crippen LogP contribution in [-0.4, -0.2) is 48.0 Å². The molecule has 27 heavy (non-hydrogen) atoms. The summed E-state index contributed by atoms with van der Waals surface area (Å²) < 4.78 is 6.78. The molecule has 1 aliphatic rings. The molecule has 0 spiro atoms. The number of benzene rings is 1. The molecule has 0 saturated carbocycles. The molecular weight excluding hydrogens is 346 g/mol. The van der Waals surface area contributed by atoms with Crippen LogP contribution in [0.15, 0.2) is 35.1 Å². The van der Waals surface area contributed by atoms with Crippen molar-refractivity contribution in [1.29, 1.82) is 0 Å². The molecule has 7 heteroatoms. The summed E-state index contributed by atoms with van der Waals surface area (Å²) >= 11 is 0. The molecule has 3 rings (SSSR count). The lowest BCUT2D eigenvalue weighted by Crippen LogP contribution is -2.53. The molecular formula is C20H23N3O4. The molecule has 1 aliphatic heterocycles. The van der Waals surface area contributed by atoms with E-state index in [4.69, 9.17) is 4.74 Å². The monoisotopic (exact) mass is 369 g/mol. The van der Waals surface area contributed by atoms with Crippen molar-refractivity contribution in [2.45, 2.75) is 13.8 Å². The van der Waals surface area contributed by atoms with Crippen LogP contribution in [0.5, 0.6) is 5.75 Å². The lowest BCUT2D eigenvalue weighted by molar-refractivity contribution is -0.120. The first-order valence-electron chi connectivity index (χ1n) is 8.75. The SMILES string of the molecule is COc1ccccc1N1CCN(C(=O)c2c(C)cc(C)n(C)c2=O)CC1=O. The summed E-state index contributed by atoms with van der Waals surface area (Å²) in [5.74, 6) is -0.00399. The topological polar surface area (TPSA) is 71.8 Å². The number of carbonyl (C=O) groups excluding carboxylic acids is 2. The number of piperazine rings is 1. The molecule has 142 valence electrons. The van der Waals surface area contributed by atoms with Crippen LogP contribution < -0.4 is 15.2 Å². The number of methoxy groups -OCH3 is 1. The number of para-hydroxylation sites is 2. The number of nitrogens with zero attached hydrogens (tertiary/aromatic N) is 3. The highest BCUT2D eigenvalue weighted by atomic mass is 16.5. The van der Waals surface area contributed by atoms with Gasteiger partial charge in [0, 0.05) is 25.8 Å². The number of hydrogen-bond acceptors (Lipinski definition) is 4. The van der Waals surface area contributed by atoms with Gasteiger partial charge in [0.15, 0.2) is 0 Å². The third-order valence-corrected chi connectivity index (χ3v) is 4.97. The third-order valence-electron chi connectivity index (χ3n) is 4.97. The number of carbonyl (C=O) groups is 2. The van der Waals surface area contributed by atoms with Crippen LogP contribution in [0.4, 0.5) is 5.69 Å². The average molecular weight is 369 g/mol. The predicted molar refractivity (Wildman–Crippen MR) is 102 cm³/mol. The van der Waals surface area contributed by atoms with Crippen molar-refractivity contribution in [3.8, 4) is 5.75 Å². The highest BCUT2D eigenvalue weighted by Crippen LogP contribution is 2.29. The van der Waals surface area contributed by atoms with E-state index in [0.29, 0.717) is 30.1 Å². The second kappa shape index (κ2) is 7.26. The van der Waals surface area contributed by atoms with Crippen molar-refractivity contribution in [2.24, 2.45) is 7.05 Å². The fourth-order valence-electron chi connectivity index (χ4n) is 3.35. The van der Waals surface area contributed by atoms with Crippen LogP contribution >= 0.6 is 0 Å². The average Bonchev–Trinajstić information content (AvgIpc) is 2.66. The van der Waals surface area contributed by atoms with E-state index in [-0.39, 0.29) is 23.6 Å². The van der Waals surface area contributed by atoms with E-state index in [1.807, 2.05) is 31.2 Å². The Kier molecular flexibility index (Phi) is 5.03. The van der Waals surface area contributed by atoms with Crippen LogP contribution in [0.2, 0.25) is 0 Å². The van der Waals surface area contributed by atoms with Gasteiger partial charge in [0.1, 0.15) is 17.9 Å². The summed E-state index contributed by atoms with van der Waals surface area (Å²) in [6.45, 7) is 4.18. The fraction of sp³-hybridized carbons (Fsp3) is 0.350. The van der Waals surface area contributed by atoms with E-state index in [1.54, 1.807) is 32.0 Å². The Balaban J connectivity index is 1.85. The molecule has 1 aromatic carbocycles. The maximum absolute atomic E-state index is 12.9. The Bertz CT molecular complexity index is 964. The van der Waals surface area contributed by atoms with Gasteiger partial charge in [-0.25, -0.2) is 0 Å². The van der Waals surface area contributed by atoms with Crippen molar-refractivity contribution in [3.05, 3.63) is 57.5 Å². The fourth-order valence-corrected chi connectivity index (χ4v) is 3.35. The molecule has 1 saturated heterocycles. The number of pyridine rings is 1. The molecule has 0 atom stereocenters. The molecule has 0 radical (unpaired) electrons. The standard InChI is InChI=1S/C20H23N3O4/c1-13-11-14(2)21(3)19(25)18(13)20(26)22-9-10-23(17(24)12-22)15-7-5-6-8-16(15)27-4/h5-8,11H,9-10,12H2,1-4H3. The van der Waals surface area contributed by atoms with Crippen molar-refractivity contribution in [1.82, 2.24) is 9.47 Å². The van der Waals surface area contributed by atoms with Gasteiger partial charge in [-0.2, -0.15) is 0 Å². The molecule has 1 fully saturated rings. The zero-order valence-corrected chi connectivity index (χ0v) is 16.0. The predicted octanol–water partition coefficient (Wildman–Crippen LogP) is 1.50. The van der Waals surface area contributed by atoms with Gasteiger partial charge in [-0.3, -0.25) is 14.4 Å². The lowest BCUT2D eigenvalue weighted by Gasteiger charge is -2.35. The Morgan fingerprint density at radius 1 is 1.11 bits per heavy atom. The van der Waals surface area contributed by atoms with Crippen LogP contribution in [0, 0.1) is 13.8 Å². The number of aryl methyl sites for hydroxylation is 2. The molecule has 0 bridgehead atoms. The summed E-state index contributed by atoms with van der Waals surface area (Å²) in [4.78, 5) is 41.2. The highest BCUT2D eigenvalue weighted by molar-refractivity contribution is 6.02. The molecule has 7 nitrogen and oxygen atoms in total. The molecule has 2 aromatic rings. The maximum atomic E-state index is 12.9. The summed E-state index contributed by atoms with van der Waals surface area (Å²) in [5, 5.41) is 0. The van der Waals surface area contributed by atoms with Gasteiger partial charge in [0.2, 0.25) is 5.91 Å². The minimum Gasteiger partial charge on any atom is -0.495 e. The van der Waals surface area contributed by atoms with Crippen molar-refractivity contribution >= 4 is 17.5 Å². The van der Waals surface area contributed by atoms with Crippen LogP contribution in [0.25, 0.3) is 0 Å². The van der Waals surface area contributed by atoms with Gasteiger partial charge in [-0.05, 0) is 37.6 Å². The minimum atomic E-state index is -0.402. The van der Waals surface area contributed by atoms with Crippen LogP contribution in [0.1, 0.15) is 21.6 Å². The van der Waals surface area contributed by atoms with Crippen molar-refractivity contribution in [2.75, 3.05) is 31.6 Å². The lowest BCUT2D eigenvalue weighted by atomic mass is 10.1. The van der Waals surface area contributed by atoms with E-state index in [2.05, 4.69) is 0 Å². The number of ether oxygens (including phenoxy) is 1.